The molecule has 1 aromatic heterocycles. The van der Waals surface area contributed by atoms with Crippen LogP contribution in [0.4, 0.5) is 0 Å². The summed E-state index contributed by atoms with van der Waals surface area (Å²) in [6.07, 6.45) is 4.80. The molecule has 0 fully saturated rings. The summed E-state index contributed by atoms with van der Waals surface area (Å²) in [5.74, 6) is 0.941. The number of nitrogens with zero attached hydrogens (tertiary/aromatic N) is 1. The molecular weight excluding hydrogens is 328 g/mol. The topological polar surface area (TPSA) is 34.2 Å². The molecule has 0 amide bonds. The zero-order chi connectivity index (χ0) is 15.1. The SMILES string of the molecule is CNC(CCc1ccccn1)Cc1cc(Br)ccc1OC. The first kappa shape index (κ1) is 16.0. The van der Waals surface area contributed by atoms with Crippen molar-refractivity contribution in [3.63, 3.8) is 0 Å². The molecule has 0 radical (unpaired) electrons. The van der Waals surface area contributed by atoms with Crippen LogP contribution in [0.25, 0.3) is 0 Å². The number of rotatable bonds is 7. The first-order chi connectivity index (χ1) is 10.2. The largest absolute Gasteiger partial charge is 0.496 e. The monoisotopic (exact) mass is 348 g/mol. The van der Waals surface area contributed by atoms with Crippen LogP contribution in [-0.4, -0.2) is 25.2 Å². The van der Waals surface area contributed by atoms with Crippen molar-refractivity contribution in [1.29, 1.82) is 0 Å². The maximum absolute atomic E-state index is 5.45. The van der Waals surface area contributed by atoms with E-state index in [4.69, 9.17) is 4.74 Å². The second-order valence-corrected chi connectivity index (χ2v) is 5.92. The molecule has 2 aromatic rings. The third-order valence-electron chi connectivity index (χ3n) is 3.59. The van der Waals surface area contributed by atoms with Gasteiger partial charge in [0.05, 0.1) is 7.11 Å². The van der Waals surface area contributed by atoms with E-state index >= 15 is 0 Å². The Labute approximate surface area is 134 Å². The Morgan fingerprint density at radius 2 is 2.14 bits per heavy atom. The molecule has 0 bridgehead atoms. The number of halogens is 1. The highest BCUT2D eigenvalue weighted by atomic mass is 79.9. The molecule has 0 aliphatic heterocycles. The number of methoxy groups -OCH3 is 1. The maximum Gasteiger partial charge on any atom is 0.122 e. The van der Waals surface area contributed by atoms with Gasteiger partial charge in [-0.2, -0.15) is 0 Å². The second kappa shape index (κ2) is 8.15. The van der Waals surface area contributed by atoms with Gasteiger partial charge in [-0.1, -0.05) is 22.0 Å². The summed E-state index contributed by atoms with van der Waals surface area (Å²) in [5.41, 5.74) is 2.35. The molecule has 112 valence electrons. The number of ether oxygens (including phenoxy) is 1. The Bertz CT molecular complexity index is 560. The Morgan fingerprint density at radius 3 is 2.81 bits per heavy atom. The molecule has 1 N–H and O–H groups in total. The van der Waals surface area contributed by atoms with Gasteiger partial charge >= 0.3 is 0 Å². The molecule has 0 spiro atoms. The molecule has 1 atom stereocenters. The molecule has 2 rings (SSSR count). The van der Waals surface area contributed by atoms with Gasteiger partial charge in [0, 0.05) is 22.4 Å². The van der Waals surface area contributed by atoms with E-state index in [-0.39, 0.29) is 0 Å². The molecular formula is C17H21BrN2O. The molecule has 0 saturated carbocycles. The summed E-state index contributed by atoms with van der Waals surface area (Å²) in [6.45, 7) is 0. The summed E-state index contributed by atoms with van der Waals surface area (Å²) in [4.78, 5) is 4.38. The molecule has 1 aromatic carbocycles. The smallest absolute Gasteiger partial charge is 0.122 e. The van der Waals surface area contributed by atoms with E-state index in [1.165, 1.54) is 5.56 Å². The van der Waals surface area contributed by atoms with E-state index in [1.54, 1.807) is 7.11 Å². The second-order valence-electron chi connectivity index (χ2n) is 5.01. The number of aromatic nitrogens is 1. The molecule has 3 nitrogen and oxygen atoms in total. The lowest BCUT2D eigenvalue weighted by Gasteiger charge is -2.18. The molecule has 1 heterocycles. The average Bonchev–Trinajstić information content (AvgIpc) is 2.52. The summed E-state index contributed by atoms with van der Waals surface area (Å²) in [7, 11) is 3.72. The van der Waals surface area contributed by atoms with Gasteiger partial charge in [0.15, 0.2) is 0 Å². The van der Waals surface area contributed by atoms with Crippen molar-refractivity contribution in [2.24, 2.45) is 0 Å². The van der Waals surface area contributed by atoms with Crippen LogP contribution in [0, 0.1) is 0 Å². The van der Waals surface area contributed by atoms with Gasteiger partial charge in [-0.05, 0) is 62.2 Å². The van der Waals surface area contributed by atoms with Crippen LogP contribution in [0.2, 0.25) is 0 Å². The number of likely N-dealkylation sites (N-methyl/N-ethyl adjacent to an activating group) is 1. The van der Waals surface area contributed by atoms with Gasteiger partial charge in [-0.15, -0.1) is 0 Å². The van der Waals surface area contributed by atoms with Crippen molar-refractivity contribution in [3.05, 3.63) is 58.3 Å². The van der Waals surface area contributed by atoms with E-state index in [1.807, 2.05) is 37.5 Å². The van der Waals surface area contributed by atoms with Crippen molar-refractivity contribution in [1.82, 2.24) is 10.3 Å². The Balaban J connectivity index is 2.00. The molecule has 0 aliphatic rings. The zero-order valence-corrected chi connectivity index (χ0v) is 14.1. The molecule has 21 heavy (non-hydrogen) atoms. The minimum Gasteiger partial charge on any atom is -0.496 e. The Morgan fingerprint density at radius 1 is 1.29 bits per heavy atom. The Kier molecular flexibility index (Phi) is 6.21. The highest BCUT2D eigenvalue weighted by Gasteiger charge is 2.12. The molecule has 4 heteroatoms. The van der Waals surface area contributed by atoms with Crippen LogP contribution < -0.4 is 10.1 Å². The average molecular weight is 349 g/mol. The van der Waals surface area contributed by atoms with Crippen molar-refractivity contribution >= 4 is 15.9 Å². The van der Waals surface area contributed by atoms with E-state index in [9.17, 15) is 0 Å². The number of pyridine rings is 1. The third kappa shape index (κ3) is 4.83. The predicted molar refractivity (Wildman–Crippen MR) is 89.8 cm³/mol. The van der Waals surface area contributed by atoms with E-state index in [0.29, 0.717) is 6.04 Å². The maximum atomic E-state index is 5.45. The van der Waals surface area contributed by atoms with Crippen molar-refractivity contribution in [3.8, 4) is 5.75 Å². The summed E-state index contributed by atoms with van der Waals surface area (Å²) in [5, 5.41) is 3.39. The lowest BCUT2D eigenvalue weighted by Crippen LogP contribution is -2.28. The zero-order valence-electron chi connectivity index (χ0n) is 12.5. The number of hydrogen-bond acceptors (Lipinski definition) is 3. The van der Waals surface area contributed by atoms with Crippen LogP contribution in [0.3, 0.4) is 0 Å². The normalized spacial score (nSPS) is 12.1. The number of aryl methyl sites for hydroxylation is 1. The minimum atomic E-state index is 0.398. The fourth-order valence-corrected chi connectivity index (χ4v) is 2.80. The molecule has 1 unspecified atom stereocenters. The quantitative estimate of drug-likeness (QED) is 0.829. The van der Waals surface area contributed by atoms with Gasteiger partial charge in [0.25, 0.3) is 0 Å². The van der Waals surface area contributed by atoms with Gasteiger partial charge < -0.3 is 10.1 Å². The first-order valence-electron chi connectivity index (χ1n) is 7.12. The van der Waals surface area contributed by atoms with Crippen LogP contribution in [0.15, 0.2) is 47.1 Å². The number of hydrogen-bond donors (Lipinski definition) is 1. The predicted octanol–water partition coefficient (Wildman–Crippen LogP) is 3.62. The lowest BCUT2D eigenvalue weighted by molar-refractivity contribution is 0.404. The lowest BCUT2D eigenvalue weighted by atomic mass is 10.00. The standard InChI is InChI=1S/C17H21BrN2O/c1-19-16(8-7-15-5-3-4-10-20-15)12-13-11-14(18)6-9-17(13)21-2/h3-6,9-11,16,19H,7-8,12H2,1-2H3. The highest BCUT2D eigenvalue weighted by Crippen LogP contribution is 2.24. The summed E-state index contributed by atoms with van der Waals surface area (Å²) in [6, 6.07) is 12.6. The fraction of sp³-hybridized carbons (Fsp3) is 0.353. The summed E-state index contributed by atoms with van der Waals surface area (Å²) < 4.78 is 6.53. The van der Waals surface area contributed by atoms with Gasteiger partial charge in [0.2, 0.25) is 0 Å². The van der Waals surface area contributed by atoms with Crippen molar-refractivity contribution in [2.75, 3.05) is 14.2 Å². The number of benzene rings is 1. The minimum absolute atomic E-state index is 0.398. The first-order valence-corrected chi connectivity index (χ1v) is 7.92. The Hall–Kier alpha value is -1.39. The van der Waals surface area contributed by atoms with Crippen molar-refractivity contribution < 1.29 is 4.74 Å². The van der Waals surface area contributed by atoms with Crippen LogP contribution in [0.5, 0.6) is 5.75 Å². The van der Waals surface area contributed by atoms with E-state index in [2.05, 4.69) is 38.4 Å². The van der Waals surface area contributed by atoms with Gasteiger partial charge in [0.1, 0.15) is 5.75 Å². The van der Waals surface area contributed by atoms with Gasteiger partial charge in [-0.3, -0.25) is 4.98 Å². The van der Waals surface area contributed by atoms with E-state index < -0.39 is 0 Å². The highest BCUT2D eigenvalue weighted by molar-refractivity contribution is 9.10. The van der Waals surface area contributed by atoms with Crippen molar-refractivity contribution in [2.45, 2.75) is 25.3 Å². The number of nitrogens with one attached hydrogen (secondary N) is 1. The molecule has 0 aliphatic carbocycles. The van der Waals surface area contributed by atoms with Gasteiger partial charge in [-0.25, -0.2) is 0 Å². The van der Waals surface area contributed by atoms with E-state index in [0.717, 1.165) is 35.2 Å². The third-order valence-corrected chi connectivity index (χ3v) is 4.09. The summed E-state index contributed by atoms with van der Waals surface area (Å²) >= 11 is 3.53. The molecule has 0 saturated heterocycles. The van der Waals surface area contributed by atoms with Crippen LogP contribution >= 0.6 is 15.9 Å². The fourth-order valence-electron chi connectivity index (χ4n) is 2.39. The van der Waals surface area contributed by atoms with Crippen LogP contribution in [-0.2, 0) is 12.8 Å². The van der Waals surface area contributed by atoms with Crippen LogP contribution in [0.1, 0.15) is 17.7 Å².